The molecule has 5 heteroatoms. The van der Waals surface area contributed by atoms with Crippen LogP contribution in [0.5, 0.6) is 5.75 Å². The van der Waals surface area contributed by atoms with Gasteiger partial charge in [-0.05, 0) is 12.1 Å². The van der Waals surface area contributed by atoms with Crippen molar-refractivity contribution in [1.82, 2.24) is 0 Å². The van der Waals surface area contributed by atoms with E-state index >= 15 is 0 Å². The van der Waals surface area contributed by atoms with Crippen LogP contribution in [0.1, 0.15) is 18.6 Å². The van der Waals surface area contributed by atoms with Crippen LogP contribution < -0.4 is 4.74 Å². The molecule has 0 fully saturated rings. The summed E-state index contributed by atoms with van der Waals surface area (Å²) in [5.74, 6) is -1.35. The molecule has 0 spiro atoms. The van der Waals surface area contributed by atoms with E-state index in [4.69, 9.17) is 14.6 Å². The molecule has 0 amide bonds. The molecule has 1 aromatic carbocycles. The van der Waals surface area contributed by atoms with Crippen LogP contribution in [0.2, 0.25) is 0 Å². The van der Waals surface area contributed by atoms with Gasteiger partial charge in [0, 0.05) is 12.5 Å². The molecule has 0 saturated heterocycles. The van der Waals surface area contributed by atoms with Crippen LogP contribution in [0.4, 0.5) is 0 Å². The fraction of sp³-hybridized carbons (Fsp3) is 0.273. The predicted molar refractivity (Wildman–Crippen MR) is 55.1 cm³/mol. The molecule has 1 atom stereocenters. The Morgan fingerprint density at radius 1 is 1.38 bits per heavy atom. The Morgan fingerprint density at radius 2 is 2.06 bits per heavy atom. The minimum atomic E-state index is -1.30. The molecule has 0 aromatic heterocycles. The molecule has 0 saturated carbocycles. The lowest BCUT2D eigenvalue weighted by molar-refractivity contribution is -0.163. The van der Waals surface area contributed by atoms with E-state index in [9.17, 15) is 9.59 Å². The van der Waals surface area contributed by atoms with Crippen LogP contribution in [0.15, 0.2) is 24.3 Å². The second-order valence-electron chi connectivity index (χ2n) is 3.10. The Bertz CT molecular complexity index is 399. The average molecular weight is 224 g/mol. The average Bonchev–Trinajstić information content (AvgIpc) is 2.25. The number of aliphatic carboxylic acids is 1. The van der Waals surface area contributed by atoms with Crippen LogP contribution in [0.3, 0.4) is 0 Å². The number of hydrogen-bond donors (Lipinski definition) is 1. The zero-order valence-electron chi connectivity index (χ0n) is 8.97. The van der Waals surface area contributed by atoms with Gasteiger partial charge in [-0.3, -0.25) is 4.79 Å². The molecule has 0 unspecified atom stereocenters. The molecule has 0 bridgehead atoms. The SMILES string of the molecule is COc1cccc([C@H](OC(C)=O)C(=O)O)c1. The van der Waals surface area contributed by atoms with Gasteiger partial charge in [0.05, 0.1) is 7.11 Å². The smallest absolute Gasteiger partial charge is 0.349 e. The van der Waals surface area contributed by atoms with E-state index in [1.165, 1.54) is 13.2 Å². The lowest BCUT2D eigenvalue weighted by atomic mass is 10.1. The van der Waals surface area contributed by atoms with Crippen LogP contribution in [0.25, 0.3) is 0 Å². The van der Waals surface area contributed by atoms with E-state index in [0.717, 1.165) is 6.92 Å². The first-order valence-corrected chi connectivity index (χ1v) is 4.58. The minimum absolute atomic E-state index is 0.363. The van der Waals surface area contributed by atoms with Gasteiger partial charge in [0.2, 0.25) is 6.10 Å². The van der Waals surface area contributed by atoms with E-state index in [1.807, 2.05) is 0 Å². The largest absolute Gasteiger partial charge is 0.497 e. The maximum Gasteiger partial charge on any atom is 0.349 e. The Morgan fingerprint density at radius 3 is 2.56 bits per heavy atom. The zero-order valence-corrected chi connectivity index (χ0v) is 8.97. The summed E-state index contributed by atoms with van der Waals surface area (Å²) in [5, 5.41) is 8.92. The van der Waals surface area contributed by atoms with Crippen molar-refractivity contribution in [3.63, 3.8) is 0 Å². The lowest BCUT2D eigenvalue weighted by Crippen LogP contribution is -2.17. The monoisotopic (exact) mass is 224 g/mol. The first kappa shape index (κ1) is 12.0. The Balaban J connectivity index is 3.00. The number of ether oxygens (including phenoxy) is 2. The van der Waals surface area contributed by atoms with Crippen LogP contribution in [0, 0.1) is 0 Å². The number of hydrogen-bond acceptors (Lipinski definition) is 4. The number of rotatable bonds is 4. The number of carbonyl (C=O) groups excluding carboxylic acids is 1. The van der Waals surface area contributed by atoms with Crippen LogP contribution >= 0.6 is 0 Å². The number of carbonyl (C=O) groups is 2. The van der Waals surface area contributed by atoms with Crippen molar-refractivity contribution >= 4 is 11.9 Å². The normalized spacial score (nSPS) is 11.6. The van der Waals surface area contributed by atoms with Gasteiger partial charge in [0.15, 0.2) is 0 Å². The number of esters is 1. The van der Waals surface area contributed by atoms with Crippen molar-refractivity contribution in [1.29, 1.82) is 0 Å². The van der Waals surface area contributed by atoms with Crippen molar-refractivity contribution in [2.75, 3.05) is 7.11 Å². The highest BCUT2D eigenvalue weighted by Crippen LogP contribution is 2.22. The van der Waals surface area contributed by atoms with Gasteiger partial charge >= 0.3 is 11.9 Å². The van der Waals surface area contributed by atoms with E-state index in [0.29, 0.717) is 11.3 Å². The molecule has 86 valence electrons. The molecule has 1 rings (SSSR count). The van der Waals surface area contributed by atoms with Crippen molar-refractivity contribution in [2.45, 2.75) is 13.0 Å². The fourth-order valence-corrected chi connectivity index (χ4v) is 1.23. The molecule has 0 radical (unpaired) electrons. The summed E-state index contributed by atoms with van der Waals surface area (Å²) in [4.78, 5) is 21.7. The predicted octanol–water partition coefficient (Wildman–Crippen LogP) is 1.38. The first-order valence-electron chi connectivity index (χ1n) is 4.58. The molecular formula is C11H12O5. The third-order valence-electron chi connectivity index (χ3n) is 1.90. The Labute approximate surface area is 92.6 Å². The van der Waals surface area contributed by atoms with E-state index < -0.39 is 18.0 Å². The molecule has 0 aliphatic carbocycles. The highest BCUT2D eigenvalue weighted by atomic mass is 16.6. The van der Waals surface area contributed by atoms with Crippen molar-refractivity contribution in [3.05, 3.63) is 29.8 Å². The number of carboxylic acids is 1. The third kappa shape index (κ3) is 2.98. The summed E-state index contributed by atoms with van der Waals surface area (Å²) in [6, 6.07) is 6.38. The maximum atomic E-state index is 10.9. The van der Waals surface area contributed by atoms with Crippen molar-refractivity contribution in [3.8, 4) is 5.75 Å². The standard InChI is InChI=1S/C11H12O5/c1-7(12)16-10(11(13)14)8-4-3-5-9(6-8)15-2/h3-6,10H,1-2H3,(H,13,14)/t10-/m0/s1. The third-order valence-corrected chi connectivity index (χ3v) is 1.90. The van der Waals surface area contributed by atoms with Crippen LogP contribution in [-0.2, 0) is 14.3 Å². The van der Waals surface area contributed by atoms with Gasteiger partial charge in [-0.25, -0.2) is 4.79 Å². The van der Waals surface area contributed by atoms with Crippen molar-refractivity contribution in [2.24, 2.45) is 0 Å². The molecule has 0 aliphatic rings. The summed E-state index contributed by atoms with van der Waals surface area (Å²) < 4.78 is 9.66. The first-order chi connectivity index (χ1) is 7.54. The minimum Gasteiger partial charge on any atom is -0.497 e. The summed E-state index contributed by atoms with van der Waals surface area (Å²) in [5.41, 5.74) is 0.363. The number of benzene rings is 1. The quantitative estimate of drug-likeness (QED) is 0.782. The molecule has 1 aromatic rings. The van der Waals surface area contributed by atoms with Gasteiger partial charge in [-0.15, -0.1) is 0 Å². The van der Waals surface area contributed by atoms with Gasteiger partial charge in [0.1, 0.15) is 5.75 Å². The summed E-state index contributed by atoms with van der Waals surface area (Å²) >= 11 is 0. The summed E-state index contributed by atoms with van der Waals surface area (Å²) in [6.07, 6.45) is -1.30. The lowest BCUT2D eigenvalue weighted by Gasteiger charge is -2.13. The molecule has 0 heterocycles. The Kier molecular flexibility index (Phi) is 3.88. The molecule has 5 nitrogen and oxygen atoms in total. The van der Waals surface area contributed by atoms with E-state index in [-0.39, 0.29) is 0 Å². The topological polar surface area (TPSA) is 72.8 Å². The highest BCUT2D eigenvalue weighted by Gasteiger charge is 2.23. The second kappa shape index (κ2) is 5.16. The molecule has 1 N–H and O–H groups in total. The van der Waals surface area contributed by atoms with Crippen LogP contribution in [-0.4, -0.2) is 24.2 Å². The fourth-order valence-electron chi connectivity index (χ4n) is 1.23. The van der Waals surface area contributed by atoms with Crippen molar-refractivity contribution < 1.29 is 24.2 Å². The van der Waals surface area contributed by atoms with Gasteiger partial charge < -0.3 is 14.6 Å². The number of methoxy groups -OCH3 is 1. The van der Waals surface area contributed by atoms with E-state index in [1.54, 1.807) is 18.2 Å². The molecule has 16 heavy (non-hydrogen) atoms. The van der Waals surface area contributed by atoms with Gasteiger partial charge in [-0.2, -0.15) is 0 Å². The van der Waals surface area contributed by atoms with Gasteiger partial charge in [-0.1, -0.05) is 12.1 Å². The molecular weight excluding hydrogens is 212 g/mol. The van der Waals surface area contributed by atoms with Gasteiger partial charge in [0.25, 0.3) is 0 Å². The zero-order chi connectivity index (χ0) is 12.1. The van der Waals surface area contributed by atoms with E-state index in [2.05, 4.69) is 0 Å². The molecule has 0 aliphatic heterocycles. The summed E-state index contributed by atoms with van der Waals surface area (Å²) in [6.45, 7) is 1.16. The Hall–Kier alpha value is -2.04. The number of carboxylic acid groups (broad SMARTS) is 1. The maximum absolute atomic E-state index is 10.9. The summed E-state index contributed by atoms with van der Waals surface area (Å²) in [7, 11) is 1.47. The second-order valence-corrected chi connectivity index (χ2v) is 3.10. The highest BCUT2D eigenvalue weighted by molar-refractivity contribution is 5.78.